The van der Waals surface area contributed by atoms with Crippen LogP contribution in [0, 0.1) is 5.41 Å². The summed E-state index contributed by atoms with van der Waals surface area (Å²) in [4.78, 5) is 14.6. The summed E-state index contributed by atoms with van der Waals surface area (Å²) in [6.45, 7) is 1.11. The van der Waals surface area contributed by atoms with Crippen molar-refractivity contribution in [2.45, 2.75) is 17.1 Å². The minimum absolute atomic E-state index is 0.0778. The van der Waals surface area contributed by atoms with E-state index in [1.54, 1.807) is 36.4 Å². The van der Waals surface area contributed by atoms with E-state index < -0.39 is 28.1 Å². The molecule has 5 N–H and O–H groups in total. The summed E-state index contributed by atoms with van der Waals surface area (Å²) in [6.07, 6.45) is -2.16. The van der Waals surface area contributed by atoms with Gasteiger partial charge in [0.05, 0.1) is 11.5 Å². The van der Waals surface area contributed by atoms with Crippen LogP contribution in [-0.4, -0.2) is 75.6 Å². The van der Waals surface area contributed by atoms with Crippen molar-refractivity contribution in [1.29, 1.82) is 5.41 Å². The first-order chi connectivity index (χ1) is 15.1. The molecule has 1 amide bonds. The molecule has 11 heteroatoms. The molecule has 10 nitrogen and oxygen atoms in total. The summed E-state index contributed by atoms with van der Waals surface area (Å²) in [5, 5.41) is 20.5. The molecule has 3 rings (SSSR count). The number of rotatable bonds is 7. The number of ether oxygens (including phenoxy) is 1. The Balaban J connectivity index is 1.64. The average molecular weight is 462 g/mol. The zero-order valence-electron chi connectivity index (χ0n) is 17.9. The second-order valence-corrected chi connectivity index (χ2v) is 9.71. The summed E-state index contributed by atoms with van der Waals surface area (Å²) < 4.78 is 31.2. The van der Waals surface area contributed by atoms with Gasteiger partial charge in [-0.3, -0.25) is 10.2 Å². The Morgan fingerprint density at radius 1 is 1.22 bits per heavy atom. The maximum absolute atomic E-state index is 12.5. The number of morpholine rings is 1. The SMILES string of the molecule is CN(C)S(=O)(=O)c1ccc(N2CCO[C@H]([C@@H](O)C(=O)Nc3ccc(C(=N)N)cc3)C2)cc1. The van der Waals surface area contributed by atoms with E-state index in [-0.39, 0.29) is 17.3 Å². The second kappa shape index (κ2) is 9.65. The van der Waals surface area contributed by atoms with Crippen molar-refractivity contribution in [3.05, 3.63) is 54.1 Å². The molecule has 0 unspecified atom stereocenters. The number of carbonyl (C=O) groups is 1. The van der Waals surface area contributed by atoms with Gasteiger partial charge in [0.1, 0.15) is 11.9 Å². The van der Waals surface area contributed by atoms with Gasteiger partial charge in [0.15, 0.2) is 6.10 Å². The molecular weight excluding hydrogens is 434 g/mol. The van der Waals surface area contributed by atoms with Crippen molar-refractivity contribution in [3.63, 3.8) is 0 Å². The molecule has 2 aromatic carbocycles. The van der Waals surface area contributed by atoms with Gasteiger partial charge in [0.2, 0.25) is 10.0 Å². The van der Waals surface area contributed by atoms with Gasteiger partial charge in [-0.2, -0.15) is 0 Å². The van der Waals surface area contributed by atoms with Crippen LogP contribution in [0.4, 0.5) is 11.4 Å². The molecule has 0 aromatic heterocycles. The van der Waals surface area contributed by atoms with Gasteiger partial charge in [-0.05, 0) is 48.5 Å². The number of hydrogen-bond donors (Lipinski definition) is 4. The first-order valence-electron chi connectivity index (χ1n) is 9.92. The number of nitrogen functional groups attached to an aromatic ring is 1. The fourth-order valence-electron chi connectivity index (χ4n) is 3.26. The number of amides is 1. The van der Waals surface area contributed by atoms with Crippen LogP contribution in [0.2, 0.25) is 0 Å². The van der Waals surface area contributed by atoms with Gasteiger partial charge in [0, 0.05) is 44.1 Å². The fourth-order valence-corrected chi connectivity index (χ4v) is 4.16. The third kappa shape index (κ3) is 5.25. The summed E-state index contributed by atoms with van der Waals surface area (Å²) in [7, 11) is -0.574. The number of benzene rings is 2. The molecule has 0 radical (unpaired) electrons. The number of nitrogens with two attached hydrogens (primary N) is 1. The maximum atomic E-state index is 12.5. The molecule has 1 fully saturated rings. The lowest BCUT2D eigenvalue weighted by molar-refractivity contribution is -0.133. The van der Waals surface area contributed by atoms with Gasteiger partial charge >= 0.3 is 0 Å². The number of sulfonamides is 1. The lowest BCUT2D eigenvalue weighted by Crippen LogP contribution is -2.51. The van der Waals surface area contributed by atoms with E-state index in [1.165, 1.54) is 26.2 Å². The zero-order valence-corrected chi connectivity index (χ0v) is 18.7. The smallest absolute Gasteiger partial charge is 0.256 e. The van der Waals surface area contributed by atoms with Crippen LogP contribution in [0.25, 0.3) is 0 Å². The summed E-state index contributed by atoms with van der Waals surface area (Å²) in [5.74, 6) is -0.689. The van der Waals surface area contributed by atoms with Crippen LogP contribution < -0.4 is 16.0 Å². The number of nitrogens with zero attached hydrogens (tertiary/aromatic N) is 2. The van der Waals surface area contributed by atoms with Gasteiger partial charge in [-0.15, -0.1) is 0 Å². The highest BCUT2D eigenvalue weighted by Gasteiger charge is 2.32. The molecule has 1 aliphatic heterocycles. The molecule has 1 saturated heterocycles. The normalized spacial score (nSPS) is 17.8. The van der Waals surface area contributed by atoms with Crippen molar-refractivity contribution in [3.8, 4) is 0 Å². The van der Waals surface area contributed by atoms with Crippen molar-refractivity contribution < 1.29 is 23.1 Å². The van der Waals surface area contributed by atoms with E-state index in [9.17, 15) is 18.3 Å². The van der Waals surface area contributed by atoms with E-state index in [4.69, 9.17) is 15.9 Å². The van der Waals surface area contributed by atoms with E-state index in [2.05, 4.69) is 5.32 Å². The third-order valence-electron chi connectivity index (χ3n) is 5.16. The van der Waals surface area contributed by atoms with Crippen molar-refractivity contribution in [2.24, 2.45) is 5.73 Å². The first-order valence-corrected chi connectivity index (χ1v) is 11.4. The lowest BCUT2D eigenvalue weighted by atomic mass is 10.1. The number of nitrogens with one attached hydrogen (secondary N) is 2. The van der Waals surface area contributed by atoms with Crippen LogP contribution in [-0.2, 0) is 19.6 Å². The number of aliphatic hydroxyl groups is 1. The molecule has 0 bridgehead atoms. The number of aliphatic hydroxyl groups excluding tert-OH is 1. The average Bonchev–Trinajstić information content (AvgIpc) is 2.79. The largest absolute Gasteiger partial charge is 0.384 e. The number of amidine groups is 1. The number of hydrogen-bond acceptors (Lipinski definition) is 7. The maximum Gasteiger partial charge on any atom is 0.256 e. The van der Waals surface area contributed by atoms with Gasteiger partial charge < -0.3 is 25.8 Å². The fraction of sp³-hybridized carbons (Fsp3) is 0.333. The van der Waals surface area contributed by atoms with Crippen molar-refractivity contribution in [2.75, 3.05) is 44.0 Å². The van der Waals surface area contributed by atoms with Crippen molar-refractivity contribution >= 4 is 33.1 Å². The minimum Gasteiger partial charge on any atom is -0.384 e. The number of anilines is 2. The van der Waals surface area contributed by atoms with E-state index in [0.29, 0.717) is 24.4 Å². The first kappa shape index (κ1) is 23.7. The zero-order chi connectivity index (χ0) is 23.5. The molecule has 1 aliphatic rings. The monoisotopic (exact) mass is 461 g/mol. The molecule has 1 heterocycles. The molecule has 2 aromatic rings. The van der Waals surface area contributed by atoms with Crippen LogP contribution in [0.5, 0.6) is 0 Å². The topological polar surface area (TPSA) is 149 Å². The highest BCUT2D eigenvalue weighted by molar-refractivity contribution is 7.89. The van der Waals surface area contributed by atoms with Crippen LogP contribution in [0.15, 0.2) is 53.4 Å². The Labute approximate surface area is 187 Å². The minimum atomic E-state index is -3.52. The summed E-state index contributed by atoms with van der Waals surface area (Å²) in [5.41, 5.74) is 7.17. The molecule has 0 saturated carbocycles. The molecule has 0 aliphatic carbocycles. The summed E-state index contributed by atoms with van der Waals surface area (Å²) in [6, 6.07) is 12.8. The predicted octanol–water partition coefficient (Wildman–Crippen LogP) is 0.426. The Morgan fingerprint density at radius 2 is 1.84 bits per heavy atom. The molecular formula is C21H27N5O5S. The van der Waals surface area contributed by atoms with Crippen LogP contribution in [0.3, 0.4) is 0 Å². The Morgan fingerprint density at radius 3 is 2.41 bits per heavy atom. The van der Waals surface area contributed by atoms with Crippen LogP contribution >= 0.6 is 0 Å². The Kier molecular flexibility index (Phi) is 7.14. The molecule has 32 heavy (non-hydrogen) atoms. The quantitative estimate of drug-likeness (QED) is 0.345. The highest BCUT2D eigenvalue weighted by atomic mass is 32.2. The molecule has 2 atom stereocenters. The van der Waals surface area contributed by atoms with Crippen LogP contribution in [0.1, 0.15) is 5.56 Å². The Bertz CT molecular complexity index is 1070. The molecule has 0 spiro atoms. The lowest BCUT2D eigenvalue weighted by Gasteiger charge is -2.36. The van der Waals surface area contributed by atoms with E-state index in [1.807, 2.05) is 4.90 Å². The standard InChI is InChI=1S/C21H27N5O5S/c1-25(2)32(29,30)17-9-7-16(8-10-17)26-11-12-31-18(13-26)19(27)21(28)24-15-5-3-14(4-6-15)20(22)23/h3-10,18-19,27H,11-13H2,1-2H3,(H3,22,23)(H,24,28)/t18-,19+/m0/s1. The van der Waals surface area contributed by atoms with E-state index in [0.717, 1.165) is 9.99 Å². The Hall–Kier alpha value is -2.99. The van der Waals surface area contributed by atoms with Crippen molar-refractivity contribution in [1.82, 2.24) is 4.31 Å². The molecule has 172 valence electrons. The second-order valence-electron chi connectivity index (χ2n) is 7.56. The van der Waals surface area contributed by atoms with Gasteiger partial charge in [-0.25, -0.2) is 12.7 Å². The van der Waals surface area contributed by atoms with Gasteiger partial charge in [-0.1, -0.05) is 0 Å². The van der Waals surface area contributed by atoms with Gasteiger partial charge in [0.25, 0.3) is 5.91 Å². The highest BCUT2D eigenvalue weighted by Crippen LogP contribution is 2.23. The third-order valence-corrected chi connectivity index (χ3v) is 6.99. The summed E-state index contributed by atoms with van der Waals surface area (Å²) >= 11 is 0. The van der Waals surface area contributed by atoms with E-state index >= 15 is 0 Å². The number of carbonyl (C=O) groups excluding carboxylic acids is 1. The predicted molar refractivity (Wildman–Crippen MR) is 121 cm³/mol.